The van der Waals surface area contributed by atoms with Crippen LogP contribution in [0.4, 0.5) is 11.4 Å². The van der Waals surface area contributed by atoms with Crippen LogP contribution in [0.1, 0.15) is 22.8 Å². The second-order valence-electron chi connectivity index (χ2n) is 4.11. The van der Waals surface area contributed by atoms with E-state index in [-0.39, 0.29) is 5.91 Å². The van der Waals surface area contributed by atoms with E-state index in [0.29, 0.717) is 16.9 Å². The van der Waals surface area contributed by atoms with Crippen LogP contribution in [0.2, 0.25) is 0 Å². The Hall–Kier alpha value is -2.30. The number of nitrogen functional groups attached to an aromatic ring is 1. The zero-order chi connectivity index (χ0) is 13.1. The second kappa shape index (κ2) is 4.91. The molecule has 0 fully saturated rings. The lowest BCUT2D eigenvalue weighted by Gasteiger charge is -2.05. The van der Waals surface area contributed by atoms with Crippen LogP contribution in [0.5, 0.6) is 0 Å². The predicted octanol–water partition coefficient (Wildman–Crippen LogP) is 2.05. The summed E-state index contributed by atoms with van der Waals surface area (Å²) >= 11 is 0. The minimum atomic E-state index is -0.159. The van der Waals surface area contributed by atoms with E-state index in [9.17, 15) is 4.79 Å². The Morgan fingerprint density at radius 2 is 2.28 bits per heavy atom. The maximum absolute atomic E-state index is 12.0. The molecule has 0 aliphatic heterocycles. The molecule has 0 unspecified atom stereocenters. The van der Waals surface area contributed by atoms with Crippen LogP contribution < -0.4 is 11.1 Å². The van der Waals surface area contributed by atoms with Crippen molar-refractivity contribution in [2.75, 3.05) is 11.1 Å². The maximum Gasteiger partial charge on any atom is 0.255 e. The minimum absolute atomic E-state index is 0.159. The lowest BCUT2D eigenvalue weighted by molar-refractivity contribution is 0.102. The van der Waals surface area contributed by atoms with Gasteiger partial charge in [0.1, 0.15) is 0 Å². The molecule has 0 spiro atoms. The monoisotopic (exact) mass is 244 g/mol. The van der Waals surface area contributed by atoms with Gasteiger partial charge in [-0.1, -0.05) is 0 Å². The molecular formula is C13H16N4O. The zero-order valence-corrected chi connectivity index (χ0v) is 10.5. The summed E-state index contributed by atoms with van der Waals surface area (Å²) in [5.41, 5.74) is 8.58. The van der Waals surface area contributed by atoms with Crippen molar-refractivity contribution in [3.8, 4) is 0 Å². The minimum Gasteiger partial charge on any atom is -0.399 e. The number of amides is 1. The smallest absolute Gasteiger partial charge is 0.255 e. The summed E-state index contributed by atoms with van der Waals surface area (Å²) in [4.78, 5) is 12.0. The lowest BCUT2D eigenvalue weighted by Crippen LogP contribution is -2.11. The molecule has 0 atom stereocenters. The normalized spacial score (nSPS) is 10.3. The first kappa shape index (κ1) is 12.2. The third-order valence-electron chi connectivity index (χ3n) is 2.75. The van der Waals surface area contributed by atoms with Crippen molar-refractivity contribution in [3.63, 3.8) is 0 Å². The van der Waals surface area contributed by atoms with Gasteiger partial charge in [0.2, 0.25) is 0 Å². The van der Waals surface area contributed by atoms with Crippen LogP contribution in [0.3, 0.4) is 0 Å². The Labute approximate surface area is 106 Å². The first-order valence-electron chi connectivity index (χ1n) is 5.80. The van der Waals surface area contributed by atoms with Gasteiger partial charge < -0.3 is 11.1 Å². The van der Waals surface area contributed by atoms with Crippen molar-refractivity contribution >= 4 is 17.3 Å². The van der Waals surface area contributed by atoms with E-state index in [0.717, 1.165) is 12.1 Å². The lowest BCUT2D eigenvalue weighted by atomic mass is 10.1. The Morgan fingerprint density at radius 3 is 2.89 bits per heavy atom. The average Bonchev–Trinajstić information content (AvgIpc) is 2.80. The summed E-state index contributed by atoms with van der Waals surface area (Å²) in [6, 6.07) is 5.22. The van der Waals surface area contributed by atoms with Gasteiger partial charge in [-0.2, -0.15) is 5.10 Å². The Morgan fingerprint density at radius 1 is 1.50 bits per heavy atom. The molecule has 5 nitrogen and oxygen atoms in total. The molecule has 0 aliphatic carbocycles. The number of rotatable bonds is 3. The largest absolute Gasteiger partial charge is 0.399 e. The predicted molar refractivity (Wildman–Crippen MR) is 71.4 cm³/mol. The Kier molecular flexibility index (Phi) is 3.32. The summed E-state index contributed by atoms with van der Waals surface area (Å²) in [5.74, 6) is -0.159. The van der Waals surface area contributed by atoms with Crippen LogP contribution in [-0.4, -0.2) is 15.7 Å². The van der Waals surface area contributed by atoms with E-state index in [1.807, 2.05) is 13.8 Å². The maximum atomic E-state index is 12.0. The van der Waals surface area contributed by atoms with E-state index in [1.165, 1.54) is 0 Å². The van der Waals surface area contributed by atoms with Crippen LogP contribution in [0.25, 0.3) is 0 Å². The van der Waals surface area contributed by atoms with Crippen LogP contribution >= 0.6 is 0 Å². The number of nitrogens with one attached hydrogen (secondary N) is 1. The van der Waals surface area contributed by atoms with Gasteiger partial charge >= 0.3 is 0 Å². The summed E-state index contributed by atoms with van der Waals surface area (Å²) in [6.07, 6.45) is 3.42. The number of carbonyl (C=O) groups is 1. The molecule has 2 aromatic rings. The number of nitrogens with zero attached hydrogens (tertiary/aromatic N) is 2. The molecule has 0 saturated carbocycles. The van der Waals surface area contributed by atoms with Gasteiger partial charge in [-0.3, -0.25) is 9.48 Å². The van der Waals surface area contributed by atoms with Crippen LogP contribution in [0.15, 0.2) is 30.6 Å². The highest BCUT2D eigenvalue weighted by Gasteiger charge is 2.08. The van der Waals surface area contributed by atoms with Crippen LogP contribution in [-0.2, 0) is 6.54 Å². The summed E-state index contributed by atoms with van der Waals surface area (Å²) in [7, 11) is 0. The molecule has 1 aromatic heterocycles. The first-order chi connectivity index (χ1) is 8.60. The molecule has 0 aliphatic rings. The van der Waals surface area contributed by atoms with E-state index in [4.69, 9.17) is 5.73 Å². The molecule has 94 valence electrons. The third kappa shape index (κ3) is 2.51. The number of aromatic nitrogens is 2. The van der Waals surface area contributed by atoms with Crippen molar-refractivity contribution in [1.82, 2.24) is 9.78 Å². The summed E-state index contributed by atoms with van der Waals surface area (Å²) in [6.45, 7) is 4.64. The number of hydrogen-bond acceptors (Lipinski definition) is 3. The van der Waals surface area contributed by atoms with Crippen molar-refractivity contribution in [1.29, 1.82) is 0 Å². The topological polar surface area (TPSA) is 72.9 Å². The van der Waals surface area contributed by atoms with Gasteiger partial charge in [-0.05, 0) is 37.6 Å². The molecule has 18 heavy (non-hydrogen) atoms. The molecule has 1 amide bonds. The molecule has 1 aromatic carbocycles. The Balaban J connectivity index is 2.14. The van der Waals surface area contributed by atoms with Gasteiger partial charge in [0.05, 0.1) is 11.9 Å². The first-order valence-corrected chi connectivity index (χ1v) is 5.80. The summed E-state index contributed by atoms with van der Waals surface area (Å²) in [5, 5.41) is 6.89. The van der Waals surface area contributed by atoms with Crippen molar-refractivity contribution in [3.05, 3.63) is 41.7 Å². The fourth-order valence-electron chi connectivity index (χ4n) is 1.62. The highest BCUT2D eigenvalue weighted by molar-refractivity contribution is 6.04. The number of carbonyl (C=O) groups excluding carboxylic acids is 1. The number of nitrogens with two attached hydrogens (primary N) is 1. The molecule has 0 bridgehead atoms. The van der Waals surface area contributed by atoms with Crippen molar-refractivity contribution in [2.45, 2.75) is 20.4 Å². The van der Waals surface area contributed by atoms with Gasteiger partial charge in [0, 0.05) is 24.0 Å². The number of hydrogen-bond donors (Lipinski definition) is 2. The average molecular weight is 244 g/mol. The molecular weight excluding hydrogens is 228 g/mol. The quantitative estimate of drug-likeness (QED) is 0.811. The zero-order valence-electron chi connectivity index (χ0n) is 10.5. The summed E-state index contributed by atoms with van der Waals surface area (Å²) < 4.78 is 1.75. The van der Waals surface area contributed by atoms with Gasteiger partial charge in [0.25, 0.3) is 5.91 Å². The standard InChI is InChI=1S/C13H16N4O/c1-3-17-8-11(7-15-17)16-13(18)10-4-5-12(14)9(2)6-10/h4-8H,3,14H2,1-2H3,(H,16,18). The van der Waals surface area contributed by atoms with Crippen LogP contribution in [0, 0.1) is 6.92 Å². The molecule has 5 heteroatoms. The number of anilines is 2. The highest BCUT2D eigenvalue weighted by atomic mass is 16.1. The number of benzene rings is 1. The van der Waals surface area contributed by atoms with E-state index >= 15 is 0 Å². The fraction of sp³-hybridized carbons (Fsp3) is 0.231. The fourth-order valence-corrected chi connectivity index (χ4v) is 1.62. The SMILES string of the molecule is CCn1cc(NC(=O)c2ccc(N)c(C)c2)cn1. The van der Waals surface area contributed by atoms with Crippen molar-refractivity contribution < 1.29 is 4.79 Å². The van der Waals surface area contributed by atoms with E-state index < -0.39 is 0 Å². The third-order valence-corrected chi connectivity index (χ3v) is 2.75. The van der Waals surface area contributed by atoms with Gasteiger partial charge in [-0.15, -0.1) is 0 Å². The van der Waals surface area contributed by atoms with Gasteiger partial charge in [0.15, 0.2) is 0 Å². The van der Waals surface area contributed by atoms with E-state index in [2.05, 4.69) is 10.4 Å². The second-order valence-corrected chi connectivity index (χ2v) is 4.11. The molecule has 1 heterocycles. The number of aryl methyl sites for hydroxylation is 2. The molecule has 0 radical (unpaired) electrons. The molecule has 3 N–H and O–H groups in total. The molecule has 2 rings (SSSR count). The van der Waals surface area contributed by atoms with Gasteiger partial charge in [-0.25, -0.2) is 0 Å². The van der Waals surface area contributed by atoms with Crippen molar-refractivity contribution in [2.24, 2.45) is 0 Å². The van der Waals surface area contributed by atoms with E-state index in [1.54, 1.807) is 35.3 Å². The molecule has 0 saturated heterocycles. The Bertz CT molecular complexity index is 574. The highest BCUT2D eigenvalue weighted by Crippen LogP contribution is 2.14.